The van der Waals surface area contributed by atoms with Crippen molar-refractivity contribution in [2.24, 2.45) is 7.05 Å². The molecule has 0 aromatic carbocycles. The van der Waals surface area contributed by atoms with E-state index in [1.807, 2.05) is 0 Å². The fraction of sp³-hybridized carbons (Fsp3) is 0.333. The molecule has 8 nitrogen and oxygen atoms in total. The van der Waals surface area contributed by atoms with E-state index in [1.54, 1.807) is 27.0 Å². The molecule has 8 heteroatoms. The molecule has 0 saturated carbocycles. The standard InChI is InChI=1S/C12H15N5O3/c1-4-20-12(19)9-7(2)15-17(10(9)13)11(18)8-5-6-14-16(8)3/h5-6H,4,13H2,1-3H3. The van der Waals surface area contributed by atoms with Crippen LogP contribution in [0.2, 0.25) is 0 Å². The van der Waals surface area contributed by atoms with E-state index in [4.69, 9.17) is 10.5 Å². The lowest BCUT2D eigenvalue weighted by Crippen LogP contribution is -2.20. The third-order valence-corrected chi connectivity index (χ3v) is 2.81. The molecule has 0 amide bonds. The zero-order valence-electron chi connectivity index (χ0n) is 11.5. The minimum atomic E-state index is -0.591. The highest BCUT2D eigenvalue weighted by Gasteiger charge is 2.25. The molecule has 0 aliphatic rings. The number of carbonyl (C=O) groups is 2. The maximum absolute atomic E-state index is 12.3. The van der Waals surface area contributed by atoms with Crippen LogP contribution in [-0.2, 0) is 11.8 Å². The summed E-state index contributed by atoms with van der Waals surface area (Å²) < 4.78 is 7.29. The number of aromatic nitrogens is 4. The van der Waals surface area contributed by atoms with Crippen molar-refractivity contribution in [2.75, 3.05) is 12.3 Å². The first kappa shape index (κ1) is 13.8. The molecular weight excluding hydrogens is 262 g/mol. The van der Waals surface area contributed by atoms with E-state index < -0.39 is 11.9 Å². The van der Waals surface area contributed by atoms with Gasteiger partial charge in [0.1, 0.15) is 17.1 Å². The van der Waals surface area contributed by atoms with Crippen molar-refractivity contribution in [1.82, 2.24) is 19.6 Å². The summed E-state index contributed by atoms with van der Waals surface area (Å²) in [6, 6.07) is 1.54. The Balaban J connectivity index is 2.45. The second-order valence-electron chi connectivity index (χ2n) is 4.12. The number of esters is 1. The first-order chi connectivity index (χ1) is 9.47. The summed E-state index contributed by atoms with van der Waals surface area (Å²) in [5.74, 6) is -1.08. The molecule has 0 atom stereocenters. The zero-order valence-corrected chi connectivity index (χ0v) is 11.5. The van der Waals surface area contributed by atoms with Crippen LogP contribution in [0.3, 0.4) is 0 Å². The Labute approximate surface area is 115 Å². The lowest BCUT2D eigenvalue weighted by molar-refractivity contribution is 0.0527. The van der Waals surface area contributed by atoms with Crippen LogP contribution in [0, 0.1) is 6.92 Å². The third kappa shape index (κ3) is 2.15. The Hall–Kier alpha value is -2.64. The van der Waals surface area contributed by atoms with Crippen LogP contribution in [0.15, 0.2) is 12.3 Å². The minimum Gasteiger partial charge on any atom is -0.462 e. The van der Waals surface area contributed by atoms with Gasteiger partial charge in [0, 0.05) is 13.2 Å². The predicted octanol–water partition coefficient (Wildman–Crippen LogP) is 0.372. The first-order valence-corrected chi connectivity index (χ1v) is 6.02. The number of aryl methyl sites for hydroxylation is 2. The number of nitrogen functional groups attached to an aromatic ring is 1. The summed E-state index contributed by atoms with van der Waals surface area (Å²) in [6.07, 6.45) is 1.49. The summed E-state index contributed by atoms with van der Waals surface area (Å²) in [4.78, 5) is 24.1. The molecule has 2 heterocycles. The van der Waals surface area contributed by atoms with Gasteiger partial charge in [-0.3, -0.25) is 9.48 Å². The summed E-state index contributed by atoms with van der Waals surface area (Å²) in [6.45, 7) is 3.50. The van der Waals surface area contributed by atoms with E-state index >= 15 is 0 Å². The molecule has 0 unspecified atom stereocenters. The number of hydrogen-bond acceptors (Lipinski definition) is 6. The first-order valence-electron chi connectivity index (χ1n) is 6.02. The number of ether oxygens (including phenoxy) is 1. The topological polar surface area (TPSA) is 105 Å². The van der Waals surface area contributed by atoms with Crippen LogP contribution in [0.1, 0.15) is 33.5 Å². The van der Waals surface area contributed by atoms with E-state index in [0.717, 1.165) is 4.68 Å². The molecule has 2 rings (SSSR count). The number of carbonyl (C=O) groups excluding carboxylic acids is 2. The minimum absolute atomic E-state index is 0.0350. The van der Waals surface area contributed by atoms with E-state index in [2.05, 4.69) is 10.2 Å². The summed E-state index contributed by atoms with van der Waals surface area (Å²) in [7, 11) is 1.63. The number of nitrogens with two attached hydrogens (primary N) is 1. The van der Waals surface area contributed by atoms with Crippen LogP contribution >= 0.6 is 0 Å². The van der Waals surface area contributed by atoms with Crippen LogP contribution in [-0.4, -0.2) is 38.0 Å². The predicted molar refractivity (Wildman–Crippen MR) is 70.3 cm³/mol. The van der Waals surface area contributed by atoms with Crippen LogP contribution in [0.4, 0.5) is 5.82 Å². The van der Waals surface area contributed by atoms with Gasteiger partial charge in [0.05, 0.1) is 12.3 Å². The fourth-order valence-electron chi connectivity index (χ4n) is 1.85. The number of rotatable bonds is 3. The number of nitrogens with zero attached hydrogens (tertiary/aromatic N) is 4. The largest absolute Gasteiger partial charge is 0.462 e. The molecule has 0 bridgehead atoms. The molecule has 2 aromatic rings. The van der Waals surface area contributed by atoms with Gasteiger partial charge < -0.3 is 10.5 Å². The number of hydrogen-bond donors (Lipinski definition) is 1. The Kier molecular flexibility index (Phi) is 3.55. The van der Waals surface area contributed by atoms with Crippen molar-refractivity contribution in [3.05, 3.63) is 29.2 Å². The van der Waals surface area contributed by atoms with E-state index in [1.165, 1.54) is 10.9 Å². The summed E-state index contributed by atoms with van der Waals surface area (Å²) >= 11 is 0. The van der Waals surface area contributed by atoms with Crippen molar-refractivity contribution in [3.8, 4) is 0 Å². The van der Waals surface area contributed by atoms with E-state index in [-0.39, 0.29) is 18.0 Å². The van der Waals surface area contributed by atoms with Gasteiger partial charge in [0.2, 0.25) is 0 Å². The van der Waals surface area contributed by atoms with Gasteiger partial charge >= 0.3 is 5.97 Å². The van der Waals surface area contributed by atoms with Crippen LogP contribution in [0.5, 0.6) is 0 Å². The van der Waals surface area contributed by atoms with Gasteiger partial charge in [-0.2, -0.15) is 14.9 Å². The maximum Gasteiger partial charge on any atom is 0.343 e. The monoisotopic (exact) mass is 277 g/mol. The lowest BCUT2D eigenvalue weighted by atomic mass is 10.2. The summed E-state index contributed by atoms with van der Waals surface area (Å²) in [5.41, 5.74) is 6.61. The normalized spacial score (nSPS) is 10.6. The smallest absolute Gasteiger partial charge is 0.343 e. The SMILES string of the molecule is CCOC(=O)c1c(C)nn(C(=O)c2ccnn2C)c1N. The quantitative estimate of drug-likeness (QED) is 0.813. The van der Waals surface area contributed by atoms with Crippen molar-refractivity contribution in [1.29, 1.82) is 0 Å². The van der Waals surface area contributed by atoms with E-state index in [9.17, 15) is 9.59 Å². The van der Waals surface area contributed by atoms with Crippen LogP contribution < -0.4 is 5.73 Å². The molecule has 106 valence electrons. The molecule has 2 aromatic heterocycles. The molecule has 0 spiro atoms. The summed E-state index contributed by atoms with van der Waals surface area (Å²) in [5, 5.41) is 7.92. The van der Waals surface area contributed by atoms with Crippen LogP contribution in [0.25, 0.3) is 0 Å². The van der Waals surface area contributed by atoms with Gasteiger partial charge in [-0.25, -0.2) is 4.79 Å². The molecule has 0 aliphatic carbocycles. The van der Waals surface area contributed by atoms with Crippen molar-refractivity contribution in [2.45, 2.75) is 13.8 Å². The highest BCUT2D eigenvalue weighted by molar-refractivity contribution is 6.01. The molecule has 0 aliphatic heterocycles. The number of anilines is 1. The Morgan fingerprint density at radius 2 is 2.15 bits per heavy atom. The van der Waals surface area contributed by atoms with Gasteiger partial charge in [-0.05, 0) is 19.9 Å². The van der Waals surface area contributed by atoms with Gasteiger partial charge in [0.15, 0.2) is 0 Å². The molecule has 0 radical (unpaired) electrons. The molecule has 0 saturated heterocycles. The highest BCUT2D eigenvalue weighted by Crippen LogP contribution is 2.18. The second kappa shape index (κ2) is 5.16. The Morgan fingerprint density at radius 3 is 2.70 bits per heavy atom. The molecule has 2 N–H and O–H groups in total. The molecular formula is C12H15N5O3. The zero-order chi connectivity index (χ0) is 14.9. The van der Waals surface area contributed by atoms with Gasteiger partial charge in [-0.1, -0.05) is 0 Å². The third-order valence-electron chi connectivity index (χ3n) is 2.81. The second-order valence-corrected chi connectivity index (χ2v) is 4.12. The van der Waals surface area contributed by atoms with E-state index in [0.29, 0.717) is 11.4 Å². The van der Waals surface area contributed by atoms with Crippen molar-refractivity contribution in [3.63, 3.8) is 0 Å². The maximum atomic E-state index is 12.3. The molecule has 0 fully saturated rings. The average molecular weight is 277 g/mol. The highest BCUT2D eigenvalue weighted by atomic mass is 16.5. The van der Waals surface area contributed by atoms with Gasteiger partial charge in [0.25, 0.3) is 5.91 Å². The lowest BCUT2D eigenvalue weighted by Gasteiger charge is -2.04. The Bertz CT molecular complexity index is 671. The average Bonchev–Trinajstić information content (AvgIpc) is 2.93. The fourth-order valence-corrected chi connectivity index (χ4v) is 1.85. The molecule has 20 heavy (non-hydrogen) atoms. The van der Waals surface area contributed by atoms with Crippen molar-refractivity contribution < 1.29 is 14.3 Å². The van der Waals surface area contributed by atoms with Crippen molar-refractivity contribution >= 4 is 17.7 Å². The van der Waals surface area contributed by atoms with Gasteiger partial charge in [-0.15, -0.1) is 0 Å². The Morgan fingerprint density at radius 1 is 1.45 bits per heavy atom.